The third kappa shape index (κ3) is 2.51. The monoisotopic (exact) mass is 459 g/mol. The normalized spacial score (nSPS) is 15.1. The lowest BCUT2D eigenvalue weighted by Crippen LogP contribution is -2.22. The number of nitrogens with one attached hydrogen (secondary N) is 1. The van der Waals surface area contributed by atoms with Gasteiger partial charge in [-0.2, -0.15) is 0 Å². The topological polar surface area (TPSA) is 42.2 Å². The number of rotatable bonds is 1. The SMILES string of the molecule is O=c1oc2ccccc2c2c1C(c1ccc(Br)s1)c1c(ccc3ccccc13)N2. The third-order valence-corrected chi connectivity index (χ3v) is 7.22. The zero-order valence-electron chi connectivity index (χ0n) is 15.1. The molecule has 3 aromatic carbocycles. The second-order valence-electron chi connectivity index (χ2n) is 7.12. The van der Waals surface area contributed by atoms with Gasteiger partial charge in [-0.15, -0.1) is 11.3 Å². The van der Waals surface area contributed by atoms with Gasteiger partial charge in [-0.25, -0.2) is 4.79 Å². The van der Waals surface area contributed by atoms with Gasteiger partial charge in [0.2, 0.25) is 0 Å². The van der Waals surface area contributed by atoms with Crippen molar-refractivity contribution in [2.24, 2.45) is 0 Å². The van der Waals surface area contributed by atoms with Crippen LogP contribution in [0.25, 0.3) is 21.7 Å². The maximum absolute atomic E-state index is 13.2. The summed E-state index contributed by atoms with van der Waals surface area (Å²) in [5.74, 6) is -0.190. The molecule has 0 amide bonds. The summed E-state index contributed by atoms with van der Waals surface area (Å²) in [4.78, 5) is 14.3. The minimum atomic E-state index is -0.292. The average Bonchev–Trinajstić information content (AvgIpc) is 3.18. The van der Waals surface area contributed by atoms with Gasteiger partial charge in [0.1, 0.15) is 5.58 Å². The van der Waals surface area contributed by atoms with E-state index in [1.807, 2.05) is 42.5 Å². The average molecular weight is 460 g/mol. The predicted molar refractivity (Wildman–Crippen MR) is 123 cm³/mol. The summed E-state index contributed by atoms with van der Waals surface area (Å²) < 4.78 is 6.78. The van der Waals surface area contributed by atoms with Gasteiger partial charge in [0, 0.05) is 16.0 Å². The zero-order chi connectivity index (χ0) is 19.5. The maximum Gasteiger partial charge on any atom is 0.342 e. The highest BCUT2D eigenvalue weighted by molar-refractivity contribution is 9.11. The highest BCUT2D eigenvalue weighted by atomic mass is 79.9. The minimum Gasteiger partial charge on any atom is -0.422 e. The Morgan fingerprint density at radius 2 is 1.66 bits per heavy atom. The van der Waals surface area contributed by atoms with Crippen molar-refractivity contribution in [3.8, 4) is 0 Å². The van der Waals surface area contributed by atoms with E-state index in [-0.39, 0.29) is 11.5 Å². The Bertz CT molecular complexity index is 1480. The Morgan fingerprint density at radius 3 is 2.48 bits per heavy atom. The summed E-state index contributed by atoms with van der Waals surface area (Å²) >= 11 is 5.24. The number of benzene rings is 3. The van der Waals surface area contributed by atoms with E-state index in [9.17, 15) is 4.79 Å². The molecule has 1 atom stereocenters. The molecule has 1 N–H and O–H groups in total. The molecule has 6 rings (SSSR count). The van der Waals surface area contributed by atoms with Crippen LogP contribution in [0, 0.1) is 0 Å². The summed E-state index contributed by atoms with van der Waals surface area (Å²) in [6, 6.07) is 24.4. The van der Waals surface area contributed by atoms with E-state index in [1.54, 1.807) is 11.3 Å². The van der Waals surface area contributed by atoms with Crippen molar-refractivity contribution in [1.82, 2.24) is 0 Å². The summed E-state index contributed by atoms with van der Waals surface area (Å²) in [6.07, 6.45) is 0. The molecule has 0 saturated carbocycles. The zero-order valence-corrected chi connectivity index (χ0v) is 17.5. The lowest BCUT2D eigenvalue weighted by atomic mass is 9.82. The van der Waals surface area contributed by atoms with Crippen molar-refractivity contribution in [3.63, 3.8) is 0 Å². The van der Waals surface area contributed by atoms with Crippen LogP contribution in [0.1, 0.15) is 21.9 Å². The molecule has 0 aliphatic carbocycles. The molecular weight excluding hydrogens is 446 g/mol. The minimum absolute atomic E-state index is 0.190. The number of fused-ring (bicyclic) bond motifs is 6. The number of anilines is 2. The Kier molecular flexibility index (Phi) is 3.70. The summed E-state index contributed by atoms with van der Waals surface area (Å²) in [6.45, 7) is 0. The maximum atomic E-state index is 13.2. The molecule has 1 aliphatic rings. The Morgan fingerprint density at radius 1 is 0.862 bits per heavy atom. The van der Waals surface area contributed by atoms with Gasteiger partial charge < -0.3 is 9.73 Å². The lowest BCUT2D eigenvalue weighted by molar-refractivity contribution is 0.549. The quantitative estimate of drug-likeness (QED) is 0.269. The van der Waals surface area contributed by atoms with E-state index in [0.717, 1.165) is 41.8 Å². The number of para-hydroxylation sites is 1. The molecule has 1 unspecified atom stereocenters. The molecule has 1 aliphatic heterocycles. The molecule has 0 saturated heterocycles. The van der Waals surface area contributed by atoms with Crippen LogP contribution in [-0.2, 0) is 0 Å². The number of halogens is 1. The van der Waals surface area contributed by atoms with Crippen molar-refractivity contribution in [2.45, 2.75) is 5.92 Å². The highest BCUT2D eigenvalue weighted by Gasteiger charge is 2.34. The molecule has 0 bridgehead atoms. The number of hydrogen-bond acceptors (Lipinski definition) is 4. The van der Waals surface area contributed by atoms with E-state index in [4.69, 9.17) is 4.42 Å². The first-order chi connectivity index (χ1) is 14.2. The van der Waals surface area contributed by atoms with Crippen LogP contribution in [-0.4, -0.2) is 0 Å². The van der Waals surface area contributed by atoms with Gasteiger partial charge in [-0.1, -0.05) is 42.5 Å². The first-order valence-corrected chi connectivity index (χ1v) is 10.9. The summed E-state index contributed by atoms with van der Waals surface area (Å²) in [5, 5.41) is 6.77. The third-order valence-electron chi connectivity index (χ3n) is 5.53. The summed E-state index contributed by atoms with van der Waals surface area (Å²) in [7, 11) is 0. The molecule has 3 heterocycles. The van der Waals surface area contributed by atoms with Crippen LogP contribution in [0.5, 0.6) is 0 Å². The van der Waals surface area contributed by atoms with E-state index >= 15 is 0 Å². The molecule has 29 heavy (non-hydrogen) atoms. The van der Waals surface area contributed by atoms with Gasteiger partial charge in [0.05, 0.1) is 21.0 Å². The summed E-state index contributed by atoms with van der Waals surface area (Å²) in [5.41, 5.74) is 3.96. The van der Waals surface area contributed by atoms with Crippen molar-refractivity contribution in [1.29, 1.82) is 0 Å². The largest absolute Gasteiger partial charge is 0.422 e. The lowest BCUT2D eigenvalue weighted by Gasteiger charge is -2.29. The van der Waals surface area contributed by atoms with Gasteiger partial charge >= 0.3 is 5.63 Å². The molecule has 5 heteroatoms. The highest BCUT2D eigenvalue weighted by Crippen LogP contribution is 2.50. The fourth-order valence-electron chi connectivity index (χ4n) is 4.32. The second-order valence-corrected chi connectivity index (χ2v) is 9.62. The number of hydrogen-bond donors (Lipinski definition) is 1. The van der Waals surface area contributed by atoms with Gasteiger partial charge in [-0.05, 0) is 62.6 Å². The van der Waals surface area contributed by atoms with Crippen molar-refractivity contribution >= 4 is 60.4 Å². The van der Waals surface area contributed by atoms with Gasteiger partial charge in [-0.3, -0.25) is 0 Å². The van der Waals surface area contributed by atoms with Gasteiger partial charge in [0.15, 0.2) is 0 Å². The molecular formula is C24H14BrNO2S. The predicted octanol–water partition coefficient (Wildman–Crippen LogP) is 7.01. The molecule has 5 aromatic rings. The molecule has 3 nitrogen and oxygen atoms in total. The Labute approximate surface area is 178 Å². The van der Waals surface area contributed by atoms with Crippen LogP contribution < -0.4 is 10.9 Å². The van der Waals surface area contributed by atoms with Crippen molar-refractivity contribution in [3.05, 3.63) is 103 Å². The Balaban J connectivity index is 1.77. The Hall–Kier alpha value is -2.89. The fraction of sp³-hybridized carbons (Fsp3) is 0.0417. The van der Waals surface area contributed by atoms with E-state index in [1.165, 1.54) is 0 Å². The molecule has 2 aromatic heterocycles. The van der Waals surface area contributed by atoms with Crippen LogP contribution in [0.3, 0.4) is 0 Å². The molecule has 0 spiro atoms. The standard InChI is InChI=1S/C24H14BrNO2S/c25-19-12-11-18(29-19)21-20-14-6-2-1-5-13(14)9-10-16(20)26-23-15-7-3-4-8-17(15)28-24(27)22(21)23/h1-12,21,26H. The van der Waals surface area contributed by atoms with Crippen LogP contribution in [0.2, 0.25) is 0 Å². The molecule has 0 fully saturated rings. The van der Waals surface area contributed by atoms with Crippen LogP contribution in [0.4, 0.5) is 11.4 Å². The van der Waals surface area contributed by atoms with Crippen molar-refractivity contribution in [2.75, 3.05) is 5.32 Å². The first-order valence-electron chi connectivity index (χ1n) is 9.30. The van der Waals surface area contributed by atoms with Crippen LogP contribution in [0.15, 0.2) is 85.8 Å². The molecule has 0 radical (unpaired) electrons. The smallest absolute Gasteiger partial charge is 0.342 e. The van der Waals surface area contributed by atoms with E-state index in [2.05, 4.69) is 51.6 Å². The first kappa shape index (κ1) is 17.0. The van der Waals surface area contributed by atoms with Gasteiger partial charge in [0.25, 0.3) is 0 Å². The van der Waals surface area contributed by atoms with E-state index < -0.39 is 0 Å². The fourth-order valence-corrected chi connectivity index (χ4v) is 5.87. The second kappa shape index (κ2) is 6.31. The molecule has 140 valence electrons. The number of thiophene rings is 1. The van der Waals surface area contributed by atoms with Crippen molar-refractivity contribution < 1.29 is 4.42 Å². The van der Waals surface area contributed by atoms with Crippen LogP contribution >= 0.6 is 27.3 Å². The van der Waals surface area contributed by atoms with E-state index in [0.29, 0.717) is 11.1 Å².